The number of ether oxygens (including phenoxy) is 1. The Bertz CT molecular complexity index is 2180. The third-order valence-corrected chi connectivity index (χ3v) is 9.88. The lowest BCUT2D eigenvalue weighted by atomic mass is 10.0. The molecule has 0 bridgehead atoms. The van der Waals surface area contributed by atoms with E-state index in [1.807, 2.05) is 0 Å². The first-order chi connectivity index (χ1) is 23.7. The summed E-state index contributed by atoms with van der Waals surface area (Å²) in [6, 6.07) is 5.42. The number of nitrogens with zero attached hydrogens (tertiary/aromatic N) is 4. The lowest BCUT2D eigenvalue weighted by Crippen LogP contribution is -2.51. The minimum absolute atomic E-state index is 0.0184. The number of benzene rings is 2. The monoisotopic (exact) mass is 796 g/mol. The number of anilines is 2. The normalized spacial score (nSPS) is 16.8. The van der Waals surface area contributed by atoms with Gasteiger partial charge in [0, 0.05) is 46.7 Å². The molecule has 1 saturated heterocycles. The Hall–Kier alpha value is -4.25. The number of carbonyl (C=O) groups excluding carboxylic acids is 1. The molecule has 2 aromatic carbocycles. The summed E-state index contributed by atoms with van der Waals surface area (Å²) in [5, 5.41) is 3.22. The summed E-state index contributed by atoms with van der Waals surface area (Å²) in [6.07, 6.45) is -0.668. The number of piperidine rings is 1. The number of carbonyl (C=O) groups is 1. The largest absolute Gasteiger partial charge is 0.444 e. The smallest absolute Gasteiger partial charge is 0.410 e. The number of pyridine rings is 1. The summed E-state index contributed by atoms with van der Waals surface area (Å²) in [4.78, 5) is 36.4. The molecule has 0 saturated carbocycles. The summed E-state index contributed by atoms with van der Waals surface area (Å²) in [5.74, 6) is -5.56. The van der Waals surface area contributed by atoms with Crippen LogP contribution in [0.15, 0.2) is 45.8 Å². The molecule has 1 aliphatic heterocycles. The van der Waals surface area contributed by atoms with Gasteiger partial charge < -0.3 is 15.0 Å². The summed E-state index contributed by atoms with van der Waals surface area (Å²) < 4.78 is 95.7. The molecule has 17 heteroatoms. The van der Waals surface area contributed by atoms with Gasteiger partial charge in [0.1, 0.15) is 23.1 Å². The Kier molecular flexibility index (Phi) is 10.7. The van der Waals surface area contributed by atoms with E-state index in [0.717, 1.165) is 5.56 Å². The van der Waals surface area contributed by atoms with E-state index in [4.69, 9.17) is 4.74 Å². The maximum atomic E-state index is 15.6. The van der Waals surface area contributed by atoms with Crippen LogP contribution in [-0.2, 0) is 20.5 Å². The van der Waals surface area contributed by atoms with Crippen LogP contribution in [0.5, 0.6) is 0 Å². The summed E-state index contributed by atoms with van der Waals surface area (Å²) in [5.41, 5.74) is -2.74. The molecule has 11 nitrogen and oxygen atoms in total. The molecular weight excluding hydrogens is 760 g/mol. The lowest BCUT2D eigenvalue weighted by molar-refractivity contribution is 0.0124. The summed E-state index contributed by atoms with van der Waals surface area (Å²) in [7, 11) is -4.41. The lowest BCUT2D eigenvalue weighted by Gasteiger charge is -2.36. The van der Waals surface area contributed by atoms with E-state index in [0.29, 0.717) is 16.1 Å². The second-order valence-corrected chi connectivity index (χ2v) is 16.3. The number of hydrogen-bond acceptors (Lipinski definition) is 8. The zero-order valence-corrected chi connectivity index (χ0v) is 31.1. The van der Waals surface area contributed by atoms with Crippen LogP contribution in [-0.4, -0.2) is 64.9 Å². The Morgan fingerprint density at radius 3 is 2.45 bits per heavy atom. The van der Waals surface area contributed by atoms with Gasteiger partial charge in [0.05, 0.1) is 17.9 Å². The molecule has 2 N–H and O–H groups in total. The fourth-order valence-corrected chi connectivity index (χ4v) is 7.76. The molecule has 1 aliphatic rings. The number of aromatic nitrogens is 3. The first kappa shape index (κ1) is 38.0. The average molecular weight is 798 g/mol. The minimum atomic E-state index is -4.41. The van der Waals surface area contributed by atoms with Crippen molar-refractivity contribution in [1.29, 1.82) is 0 Å². The molecule has 2 atom stereocenters. The molecule has 0 spiro atoms. The predicted octanol–water partition coefficient (Wildman–Crippen LogP) is 7.23. The Balaban J connectivity index is 1.46. The van der Waals surface area contributed by atoms with E-state index >= 15 is 13.2 Å². The SMILES string of the molecule is Cc1ccc(CS(=O)(=O)Nc2c(F)cc(-c3cc4cnc(N[C@H]5C[C@H](F)CN(C(=O)OC(C)(C)C)C5)nc4n(C(C)C)c3=O)c(F)c2F)c(Br)c1. The van der Waals surface area contributed by atoms with Gasteiger partial charge in [-0.2, -0.15) is 4.98 Å². The van der Waals surface area contributed by atoms with E-state index in [-0.39, 0.29) is 36.5 Å². The topological polar surface area (TPSA) is 136 Å². The van der Waals surface area contributed by atoms with Crippen LogP contribution in [0.25, 0.3) is 22.2 Å². The number of likely N-dealkylation sites (tertiary alicyclic amines) is 1. The predicted molar refractivity (Wildman–Crippen MR) is 189 cm³/mol. The van der Waals surface area contributed by atoms with E-state index in [9.17, 15) is 22.4 Å². The zero-order valence-electron chi connectivity index (χ0n) is 28.7. The summed E-state index contributed by atoms with van der Waals surface area (Å²) in [6.45, 7) is 10.2. The van der Waals surface area contributed by atoms with Gasteiger partial charge in [-0.15, -0.1) is 0 Å². The van der Waals surface area contributed by atoms with Gasteiger partial charge in [0.25, 0.3) is 5.56 Å². The molecule has 0 aliphatic carbocycles. The van der Waals surface area contributed by atoms with Crippen molar-refractivity contribution >= 4 is 54.7 Å². The van der Waals surface area contributed by atoms with Crippen molar-refractivity contribution in [2.24, 2.45) is 0 Å². The first-order valence-electron chi connectivity index (χ1n) is 16.0. The fourth-order valence-electron chi connectivity index (χ4n) is 5.71. The number of fused-ring (bicyclic) bond motifs is 1. The van der Waals surface area contributed by atoms with Crippen LogP contribution in [0, 0.1) is 24.4 Å². The van der Waals surface area contributed by atoms with Gasteiger partial charge >= 0.3 is 6.09 Å². The van der Waals surface area contributed by atoms with Crippen LogP contribution in [0.3, 0.4) is 0 Å². The standard InChI is InChI=1S/C34H37BrF4N6O5S/c1-17(2)45-30-20(13-40-32(42-30)41-22-11-21(36)14-44(15-22)33(47)50-34(4,5)6)10-24(31(45)46)23-12-26(37)29(28(39)27(23)38)43-51(48,49)16-19-8-7-18(3)9-25(19)35/h7-10,12-13,17,21-22,43H,11,14-16H2,1-6H3,(H,40,41,42)/t21-,22-/m0/s1. The number of sulfonamides is 1. The van der Waals surface area contributed by atoms with E-state index in [1.165, 1.54) is 27.8 Å². The first-order valence-corrected chi connectivity index (χ1v) is 18.4. The van der Waals surface area contributed by atoms with E-state index in [2.05, 4.69) is 31.2 Å². The number of hydrogen-bond donors (Lipinski definition) is 2. The highest BCUT2D eigenvalue weighted by Gasteiger charge is 2.33. The highest BCUT2D eigenvalue weighted by molar-refractivity contribution is 9.10. The molecule has 0 radical (unpaired) electrons. The quantitative estimate of drug-likeness (QED) is 0.141. The van der Waals surface area contributed by atoms with Crippen molar-refractivity contribution < 1.29 is 35.5 Å². The van der Waals surface area contributed by atoms with Gasteiger partial charge in [-0.1, -0.05) is 28.1 Å². The second-order valence-electron chi connectivity index (χ2n) is 13.7. The molecular formula is C34H37BrF4N6O5S. The maximum absolute atomic E-state index is 15.6. The average Bonchev–Trinajstić information content (AvgIpc) is 3.01. The molecule has 4 aromatic rings. The van der Waals surface area contributed by atoms with Crippen molar-refractivity contribution in [3.63, 3.8) is 0 Å². The maximum Gasteiger partial charge on any atom is 0.410 e. The second kappa shape index (κ2) is 14.4. The van der Waals surface area contributed by atoms with Crippen LogP contribution < -0.4 is 15.6 Å². The number of amides is 1. The van der Waals surface area contributed by atoms with Crippen LogP contribution in [0.2, 0.25) is 0 Å². The number of nitrogens with one attached hydrogen (secondary N) is 2. The molecule has 1 fully saturated rings. The molecule has 3 heterocycles. The minimum Gasteiger partial charge on any atom is -0.444 e. The number of alkyl halides is 1. The molecule has 0 unspecified atom stereocenters. The van der Waals surface area contributed by atoms with Gasteiger partial charge in [-0.05, 0) is 70.9 Å². The molecule has 5 rings (SSSR count). The van der Waals surface area contributed by atoms with Gasteiger partial charge in [0.15, 0.2) is 17.5 Å². The van der Waals surface area contributed by atoms with Crippen LogP contribution in [0.4, 0.5) is 34.0 Å². The van der Waals surface area contributed by atoms with Crippen molar-refractivity contribution in [3.8, 4) is 11.1 Å². The van der Waals surface area contributed by atoms with Crippen molar-refractivity contribution in [1.82, 2.24) is 19.4 Å². The van der Waals surface area contributed by atoms with Crippen LogP contribution >= 0.6 is 15.9 Å². The highest BCUT2D eigenvalue weighted by atomic mass is 79.9. The van der Waals surface area contributed by atoms with Crippen molar-refractivity contribution in [3.05, 3.63) is 79.9 Å². The third kappa shape index (κ3) is 8.63. The van der Waals surface area contributed by atoms with Crippen molar-refractivity contribution in [2.75, 3.05) is 23.1 Å². The van der Waals surface area contributed by atoms with Gasteiger partial charge in [-0.25, -0.2) is 35.8 Å². The van der Waals surface area contributed by atoms with Gasteiger partial charge in [-0.3, -0.25) is 14.1 Å². The number of aryl methyl sites for hydroxylation is 1. The Morgan fingerprint density at radius 2 is 1.80 bits per heavy atom. The zero-order chi connectivity index (χ0) is 37.6. The molecule has 1 amide bonds. The highest BCUT2D eigenvalue weighted by Crippen LogP contribution is 2.33. The third-order valence-electron chi connectivity index (χ3n) is 7.93. The van der Waals surface area contributed by atoms with Crippen LogP contribution in [0.1, 0.15) is 58.2 Å². The molecule has 274 valence electrons. The number of halogens is 5. The molecule has 51 heavy (non-hydrogen) atoms. The van der Waals surface area contributed by atoms with E-state index in [1.54, 1.807) is 58.4 Å². The van der Waals surface area contributed by atoms with Crippen molar-refractivity contribution in [2.45, 2.75) is 77.6 Å². The Labute approximate surface area is 300 Å². The summed E-state index contributed by atoms with van der Waals surface area (Å²) >= 11 is 3.27. The number of rotatable bonds is 8. The Morgan fingerprint density at radius 1 is 1.10 bits per heavy atom. The fraction of sp³-hybridized carbons (Fsp3) is 0.412. The van der Waals surface area contributed by atoms with E-state index < -0.39 is 85.6 Å². The molecule has 2 aromatic heterocycles. The van der Waals surface area contributed by atoms with Gasteiger partial charge in [0.2, 0.25) is 16.0 Å².